The zero-order valence-electron chi connectivity index (χ0n) is 25.0. The lowest BCUT2D eigenvalue weighted by atomic mass is 9.86. The van der Waals surface area contributed by atoms with Gasteiger partial charge in [0.2, 0.25) is 0 Å². The molecule has 0 aromatic heterocycles. The molecule has 4 N–H and O–H groups in total. The quantitative estimate of drug-likeness (QED) is 0.222. The van der Waals surface area contributed by atoms with Crippen LogP contribution in [0.4, 0.5) is 0 Å². The maximum Gasteiger partial charge on any atom is 0.185 e. The third kappa shape index (κ3) is 10.3. The molecule has 1 aliphatic heterocycles. The van der Waals surface area contributed by atoms with Crippen molar-refractivity contribution in [1.29, 1.82) is 0 Å². The van der Waals surface area contributed by atoms with Crippen LogP contribution in [0.1, 0.15) is 74.1 Å². The van der Waals surface area contributed by atoms with Crippen LogP contribution in [-0.2, 0) is 18.9 Å². The topological polar surface area (TPSA) is 121 Å². The zero-order valence-corrected chi connectivity index (χ0v) is 25.0. The molecule has 1 aliphatic rings. The highest BCUT2D eigenvalue weighted by molar-refractivity contribution is 4.89. The number of ether oxygens (including phenoxy) is 4. The van der Waals surface area contributed by atoms with E-state index in [1.165, 1.54) is 14.0 Å². The molecule has 0 spiro atoms. The second-order valence-corrected chi connectivity index (χ2v) is 12.0. The predicted octanol–water partition coefficient (Wildman–Crippen LogP) is 2.42. The summed E-state index contributed by atoms with van der Waals surface area (Å²) in [4.78, 5) is 2.01. The molecule has 1 fully saturated rings. The molecular weight excluding hydrogens is 478 g/mol. The van der Waals surface area contributed by atoms with E-state index in [1.54, 1.807) is 6.92 Å². The van der Waals surface area contributed by atoms with Crippen LogP contribution in [0.25, 0.3) is 0 Å². The summed E-state index contributed by atoms with van der Waals surface area (Å²) >= 11 is 0. The molecule has 0 amide bonds. The van der Waals surface area contributed by atoms with E-state index in [0.29, 0.717) is 12.3 Å². The zero-order chi connectivity index (χ0) is 28.5. The van der Waals surface area contributed by atoms with Crippen molar-refractivity contribution in [2.24, 2.45) is 17.8 Å². The first kappa shape index (κ1) is 34.7. The number of aliphatic hydroxyl groups is 4. The van der Waals surface area contributed by atoms with Crippen LogP contribution in [0, 0.1) is 17.8 Å². The minimum atomic E-state index is -1.06. The molecule has 9 heteroatoms. The Balaban J connectivity index is 3.08. The number of rotatable bonds is 17. The van der Waals surface area contributed by atoms with Crippen molar-refractivity contribution in [2.45, 2.75) is 129 Å². The van der Waals surface area contributed by atoms with Crippen LogP contribution in [-0.4, -0.2) is 114 Å². The molecule has 11 atom stereocenters. The molecule has 1 heterocycles. The van der Waals surface area contributed by atoms with Crippen molar-refractivity contribution in [1.82, 2.24) is 4.90 Å². The normalized spacial score (nSPS) is 29.5. The van der Waals surface area contributed by atoms with Crippen molar-refractivity contribution in [3.8, 4) is 0 Å². The fourth-order valence-electron chi connectivity index (χ4n) is 5.21. The van der Waals surface area contributed by atoms with E-state index in [1.807, 2.05) is 32.8 Å². The minimum absolute atomic E-state index is 0.0441. The van der Waals surface area contributed by atoms with Gasteiger partial charge in [-0.05, 0) is 60.0 Å². The summed E-state index contributed by atoms with van der Waals surface area (Å²) in [6.45, 7) is 13.8. The molecular formula is C28H57NO8. The maximum atomic E-state index is 11.1. The minimum Gasteiger partial charge on any atom is -0.396 e. The summed E-state index contributed by atoms with van der Waals surface area (Å²) in [7, 11) is 5.42. The number of hydrogen-bond acceptors (Lipinski definition) is 9. The molecule has 0 saturated carbocycles. The van der Waals surface area contributed by atoms with E-state index in [9.17, 15) is 20.4 Å². The molecule has 9 nitrogen and oxygen atoms in total. The van der Waals surface area contributed by atoms with Crippen molar-refractivity contribution < 1.29 is 39.4 Å². The van der Waals surface area contributed by atoms with E-state index >= 15 is 0 Å². The number of nitrogens with zero attached hydrogens (tertiary/aromatic N) is 1. The van der Waals surface area contributed by atoms with E-state index in [4.69, 9.17) is 18.9 Å². The monoisotopic (exact) mass is 535 g/mol. The molecule has 0 aromatic carbocycles. The lowest BCUT2D eigenvalue weighted by Crippen LogP contribution is -2.55. The van der Waals surface area contributed by atoms with Gasteiger partial charge in [0.1, 0.15) is 12.2 Å². The van der Waals surface area contributed by atoms with Gasteiger partial charge in [-0.3, -0.25) is 0 Å². The first-order valence-corrected chi connectivity index (χ1v) is 14.0. The van der Waals surface area contributed by atoms with Gasteiger partial charge in [0.25, 0.3) is 0 Å². The fourth-order valence-corrected chi connectivity index (χ4v) is 5.21. The Bertz CT molecular complexity index is 621. The predicted molar refractivity (Wildman–Crippen MR) is 144 cm³/mol. The highest BCUT2D eigenvalue weighted by Gasteiger charge is 2.42. The molecule has 0 bridgehead atoms. The van der Waals surface area contributed by atoms with Gasteiger partial charge >= 0.3 is 0 Å². The highest BCUT2D eigenvalue weighted by Crippen LogP contribution is 2.32. The van der Waals surface area contributed by atoms with E-state index in [2.05, 4.69) is 20.8 Å². The maximum absolute atomic E-state index is 11.1. The van der Waals surface area contributed by atoms with Gasteiger partial charge in [0.15, 0.2) is 6.29 Å². The van der Waals surface area contributed by atoms with Gasteiger partial charge in [0, 0.05) is 44.6 Å². The van der Waals surface area contributed by atoms with Crippen LogP contribution in [0.15, 0.2) is 0 Å². The molecule has 0 radical (unpaired) electrons. The van der Waals surface area contributed by atoms with Crippen molar-refractivity contribution in [3.63, 3.8) is 0 Å². The summed E-state index contributed by atoms with van der Waals surface area (Å²) in [6.07, 6.45) is -1.39. The van der Waals surface area contributed by atoms with Gasteiger partial charge < -0.3 is 44.3 Å². The summed E-state index contributed by atoms with van der Waals surface area (Å²) in [5.74, 6) is 0.200. The Hall–Kier alpha value is -0.360. The van der Waals surface area contributed by atoms with Gasteiger partial charge in [-0.1, -0.05) is 27.7 Å². The Labute approximate surface area is 225 Å². The molecule has 1 saturated heterocycles. The van der Waals surface area contributed by atoms with Gasteiger partial charge in [-0.15, -0.1) is 0 Å². The smallest absolute Gasteiger partial charge is 0.185 e. The summed E-state index contributed by atoms with van der Waals surface area (Å²) in [5, 5.41) is 41.4. The van der Waals surface area contributed by atoms with Crippen LogP contribution in [0.3, 0.4) is 0 Å². The third-order valence-electron chi connectivity index (χ3n) is 8.02. The highest BCUT2D eigenvalue weighted by atomic mass is 16.7. The van der Waals surface area contributed by atoms with Crippen molar-refractivity contribution in [2.75, 3.05) is 34.4 Å². The molecule has 222 valence electrons. The Morgan fingerprint density at radius 3 is 2.19 bits per heavy atom. The van der Waals surface area contributed by atoms with E-state index < -0.39 is 30.2 Å². The number of likely N-dealkylation sites (N-methyl/N-ethyl adjacent to an activating group) is 1. The van der Waals surface area contributed by atoms with E-state index in [0.717, 1.165) is 19.3 Å². The second-order valence-electron chi connectivity index (χ2n) is 12.0. The number of methoxy groups -OCH3 is 1. The molecule has 4 unspecified atom stereocenters. The molecule has 37 heavy (non-hydrogen) atoms. The largest absolute Gasteiger partial charge is 0.396 e. The van der Waals surface area contributed by atoms with E-state index in [-0.39, 0.29) is 49.4 Å². The molecule has 1 rings (SSSR count). The van der Waals surface area contributed by atoms with Gasteiger partial charge in [-0.25, -0.2) is 0 Å². The lowest BCUT2D eigenvalue weighted by molar-refractivity contribution is -0.278. The number of hydrogen-bond donors (Lipinski definition) is 4. The summed E-state index contributed by atoms with van der Waals surface area (Å²) in [6, 6.07) is -0.0646. The van der Waals surface area contributed by atoms with Gasteiger partial charge in [0.05, 0.1) is 30.0 Å². The van der Waals surface area contributed by atoms with Crippen LogP contribution in [0.5, 0.6) is 0 Å². The average Bonchev–Trinajstić information content (AvgIpc) is 2.84. The second kappa shape index (κ2) is 16.0. The fraction of sp³-hybridized carbons (Fsp3) is 1.00. The third-order valence-corrected chi connectivity index (χ3v) is 8.02. The number of aliphatic hydroxyl groups excluding tert-OH is 4. The van der Waals surface area contributed by atoms with Gasteiger partial charge in [-0.2, -0.15) is 0 Å². The van der Waals surface area contributed by atoms with Crippen molar-refractivity contribution in [3.05, 3.63) is 0 Å². The first-order valence-electron chi connectivity index (χ1n) is 14.0. The summed E-state index contributed by atoms with van der Waals surface area (Å²) in [5.41, 5.74) is -0.977. The van der Waals surface area contributed by atoms with Crippen LogP contribution >= 0.6 is 0 Å². The first-order chi connectivity index (χ1) is 17.2. The van der Waals surface area contributed by atoms with Crippen LogP contribution < -0.4 is 0 Å². The van der Waals surface area contributed by atoms with Crippen molar-refractivity contribution >= 4 is 0 Å². The Morgan fingerprint density at radius 2 is 1.70 bits per heavy atom. The average molecular weight is 536 g/mol. The Kier molecular flexibility index (Phi) is 15.0. The Morgan fingerprint density at radius 1 is 1.08 bits per heavy atom. The molecule has 0 aromatic rings. The molecule has 0 aliphatic carbocycles. The SMILES string of the molecule is CO[C@](C)(CCOC(C(C)CO)[C@@H](C)[C@@H](CCC(C)C)O[C@@H]1O[C@H](C)C[C@H](N(C)C)C1O)C(O)[C@H](C)O. The summed E-state index contributed by atoms with van der Waals surface area (Å²) < 4.78 is 24.5. The standard InChI is InChI=1S/C28H57NO8/c1-17(2)11-12-23(37-27-24(32)22(29(8)9)15-19(4)36-27)20(5)25(18(3)16-30)35-14-13-28(7,34-10)26(33)21(6)31/h17-27,30-33H,11-16H2,1-10H3/t18?,19-,20+,21+,22+,23-,24?,25?,26?,27+,28-/m1/s1. The van der Waals surface area contributed by atoms with Crippen LogP contribution in [0.2, 0.25) is 0 Å². The lowest BCUT2D eigenvalue weighted by Gasteiger charge is -2.44.